The van der Waals surface area contributed by atoms with Gasteiger partial charge in [-0.25, -0.2) is 0 Å². The van der Waals surface area contributed by atoms with Crippen LogP contribution in [-0.2, 0) is 11.3 Å². The molecule has 1 aliphatic rings. The second-order valence-electron chi connectivity index (χ2n) is 4.89. The monoisotopic (exact) mass is 330 g/mol. The summed E-state index contributed by atoms with van der Waals surface area (Å²) >= 11 is 5.20. The normalized spacial score (nSPS) is 16.0. The molecule has 7 heteroatoms. The van der Waals surface area contributed by atoms with E-state index in [1.807, 2.05) is 0 Å². The van der Waals surface area contributed by atoms with E-state index in [1.54, 1.807) is 36.6 Å². The first-order chi connectivity index (χ1) is 11.1. The molecule has 2 aromatic rings. The van der Waals surface area contributed by atoms with Crippen LogP contribution in [0.15, 0.2) is 46.7 Å². The number of phenolic OH excluding ortho intramolecular Hbond substituents is 1. The maximum absolute atomic E-state index is 12.5. The summed E-state index contributed by atoms with van der Waals surface area (Å²) in [7, 11) is 1.46. The molecule has 1 amide bonds. The van der Waals surface area contributed by atoms with E-state index in [-0.39, 0.29) is 18.2 Å². The minimum absolute atomic E-state index is 0.0373. The number of carbonyl (C=O) groups is 1. The number of ether oxygens (including phenoxy) is 1. The molecule has 1 saturated heterocycles. The standard InChI is InChI=1S/C16H14N2O4S/c1-21-14-8-10(4-5-13(14)19)7-12-15(20)18(16(23)17-12)9-11-3-2-6-22-11/h2-8,19H,9H2,1H3,(H,17,23). The molecular weight excluding hydrogens is 316 g/mol. The zero-order valence-electron chi connectivity index (χ0n) is 12.3. The summed E-state index contributed by atoms with van der Waals surface area (Å²) in [6.07, 6.45) is 3.20. The van der Waals surface area contributed by atoms with Gasteiger partial charge in [0.05, 0.1) is 19.9 Å². The van der Waals surface area contributed by atoms with Gasteiger partial charge in [0, 0.05) is 0 Å². The second kappa shape index (κ2) is 6.13. The number of rotatable bonds is 4. The summed E-state index contributed by atoms with van der Waals surface area (Å²) in [5.41, 5.74) is 1.06. The van der Waals surface area contributed by atoms with Gasteiger partial charge >= 0.3 is 0 Å². The highest BCUT2D eigenvalue weighted by atomic mass is 32.1. The summed E-state index contributed by atoms with van der Waals surface area (Å²) in [6, 6.07) is 8.35. The predicted molar refractivity (Wildman–Crippen MR) is 87.6 cm³/mol. The van der Waals surface area contributed by atoms with Crippen molar-refractivity contribution in [2.24, 2.45) is 0 Å². The zero-order chi connectivity index (χ0) is 16.4. The maximum atomic E-state index is 12.5. The fraction of sp³-hybridized carbons (Fsp3) is 0.125. The lowest BCUT2D eigenvalue weighted by Crippen LogP contribution is -2.29. The molecule has 0 unspecified atom stereocenters. The molecule has 3 rings (SSSR count). The Labute approximate surface area is 138 Å². The Morgan fingerprint density at radius 3 is 2.96 bits per heavy atom. The number of nitrogens with zero attached hydrogens (tertiary/aromatic N) is 1. The third-order valence-corrected chi connectivity index (χ3v) is 3.69. The van der Waals surface area contributed by atoms with E-state index in [1.165, 1.54) is 18.1 Å². The number of benzene rings is 1. The molecule has 1 aliphatic heterocycles. The number of hydrogen-bond acceptors (Lipinski definition) is 5. The summed E-state index contributed by atoms with van der Waals surface area (Å²) in [5, 5.41) is 12.8. The molecule has 6 nitrogen and oxygen atoms in total. The minimum atomic E-state index is -0.238. The van der Waals surface area contributed by atoms with Crippen molar-refractivity contribution in [3.8, 4) is 11.5 Å². The highest BCUT2D eigenvalue weighted by Crippen LogP contribution is 2.27. The highest BCUT2D eigenvalue weighted by molar-refractivity contribution is 7.80. The average Bonchev–Trinajstić information content (AvgIpc) is 3.14. The van der Waals surface area contributed by atoms with Gasteiger partial charge in [-0.1, -0.05) is 6.07 Å². The molecule has 0 saturated carbocycles. The summed E-state index contributed by atoms with van der Waals surface area (Å²) in [5.74, 6) is 0.781. The van der Waals surface area contributed by atoms with E-state index in [0.717, 1.165) is 0 Å². The molecule has 0 radical (unpaired) electrons. The van der Waals surface area contributed by atoms with Crippen molar-refractivity contribution in [1.82, 2.24) is 10.2 Å². The lowest BCUT2D eigenvalue weighted by Gasteiger charge is -2.11. The van der Waals surface area contributed by atoms with Crippen LogP contribution >= 0.6 is 12.2 Å². The van der Waals surface area contributed by atoms with Gasteiger partial charge in [0.25, 0.3) is 5.91 Å². The van der Waals surface area contributed by atoms with Gasteiger partial charge in [-0.05, 0) is 48.1 Å². The van der Waals surface area contributed by atoms with Crippen molar-refractivity contribution in [2.45, 2.75) is 6.54 Å². The van der Waals surface area contributed by atoms with Gasteiger partial charge in [-0.3, -0.25) is 9.69 Å². The molecule has 0 spiro atoms. The minimum Gasteiger partial charge on any atom is -0.504 e. The quantitative estimate of drug-likeness (QED) is 0.661. The first-order valence-corrected chi connectivity index (χ1v) is 7.23. The van der Waals surface area contributed by atoms with Crippen molar-refractivity contribution < 1.29 is 19.1 Å². The van der Waals surface area contributed by atoms with E-state index in [2.05, 4.69) is 5.32 Å². The number of phenols is 1. The van der Waals surface area contributed by atoms with Crippen LogP contribution in [0, 0.1) is 0 Å². The topological polar surface area (TPSA) is 74.9 Å². The third-order valence-electron chi connectivity index (χ3n) is 3.37. The first kappa shape index (κ1) is 15.1. The van der Waals surface area contributed by atoms with Gasteiger partial charge in [-0.2, -0.15) is 0 Å². The number of carbonyl (C=O) groups excluding carboxylic acids is 1. The lowest BCUT2D eigenvalue weighted by molar-refractivity contribution is -0.122. The maximum Gasteiger partial charge on any atom is 0.276 e. The Hall–Kier alpha value is -2.80. The first-order valence-electron chi connectivity index (χ1n) is 6.82. The largest absolute Gasteiger partial charge is 0.504 e. The number of thiocarbonyl (C=S) groups is 1. The van der Waals surface area contributed by atoms with E-state index < -0.39 is 0 Å². The summed E-state index contributed by atoms with van der Waals surface area (Å²) in [6.45, 7) is 0.272. The fourth-order valence-corrected chi connectivity index (χ4v) is 2.48. The lowest BCUT2D eigenvalue weighted by atomic mass is 10.1. The number of furan rings is 1. The van der Waals surface area contributed by atoms with Crippen LogP contribution in [0.4, 0.5) is 0 Å². The molecule has 1 aromatic heterocycles. The van der Waals surface area contributed by atoms with Gasteiger partial charge in [0.2, 0.25) is 0 Å². The smallest absolute Gasteiger partial charge is 0.276 e. The van der Waals surface area contributed by atoms with Gasteiger partial charge in [0.15, 0.2) is 16.6 Å². The van der Waals surface area contributed by atoms with Crippen LogP contribution in [0.25, 0.3) is 6.08 Å². The predicted octanol–water partition coefficient (Wildman–Crippen LogP) is 2.25. The van der Waals surface area contributed by atoms with Gasteiger partial charge in [-0.15, -0.1) is 0 Å². The molecule has 2 N–H and O–H groups in total. The van der Waals surface area contributed by atoms with E-state index in [9.17, 15) is 9.90 Å². The molecule has 1 fully saturated rings. The number of aromatic hydroxyl groups is 1. The average molecular weight is 330 g/mol. The fourth-order valence-electron chi connectivity index (χ4n) is 2.22. The van der Waals surface area contributed by atoms with Crippen LogP contribution < -0.4 is 10.1 Å². The molecule has 23 heavy (non-hydrogen) atoms. The van der Waals surface area contributed by atoms with Gasteiger partial charge < -0.3 is 19.6 Å². The number of amides is 1. The Balaban J connectivity index is 1.83. The van der Waals surface area contributed by atoms with Crippen molar-refractivity contribution in [3.05, 3.63) is 53.6 Å². The Kier molecular flexibility index (Phi) is 4.03. The molecule has 0 bridgehead atoms. The van der Waals surface area contributed by atoms with Crippen molar-refractivity contribution in [2.75, 3.05) is 7.11 Å². The zero-order valence-corrected chi connectivity index (χ0v) is 13.1. The van der Waals surface area contributed by atoms with Crippen LogP contribution in [0.1, 0.15) is 11.3 Å². The Morgan fingerprint density at radius 1 is 1.43 bits per heavy atom. The molecule has 118 valence electrons. The molecule has 1 aromatic carbocycles. The van der Waals surface area contributed by atoms with Crippen molar-refractivity contribution in [3.63, 3.8) is 0 Å². The molecule has 0 atom stereocenters. The second-order valence-corrected chi connectivity index (χ2v) is 5.28. The Morgan fingerprint density at radius 2 is 2.26 bits per heavy atom. The summed E-state index contributed by atoms with van der Waals surface area (Å²) in [4.78, 5) is 13.9. The molecular formula is C16H14N2O4S. The van der Waals surface area contributed by atoms with Crippen LogP contribution in [0.5, 0.6) is 11.5 Å². The SMILES string of the molecule is COc1cc(C=C2NC(=S)N(Cc3ccco3)C2=O)ccc1O. The van der Waals surface area contributed by atoms with Gasteiger partial charge in [0.1, 0.15) is 11.5 Å². The van der Waals surface area contributed by atoms with E-state index in [4.69, 9.17) is 21.4 Å². The van der Waals surface area contributed by atoms with Crippen molar-refractivity contribution in [1.29, 1.82) is 0 Å². The third kappa shape index (κ3) is 3.04. The van der Waals surface area contributed by atoms with Crippen LogP contribution in [0.2, 0.25) is 0 Å². The summed E-state index contributed by atoms with van der Waals surface area (Å²) < 4.78 is 10.3. The van der Waals surface area contributed by atoms with Crippen LogP contribution in [-0.4, -0.2) is 28.1 Å². The number of methoxy groups -OCH3 is 1. The van der Waals surface area contributed by atoms with Crippen molar-refractivity contribution >= 4 is 29.3 Å². The van der Waals surface area contributed by atoms with E-state index >= 15 is 0 Å². The Bertz CT molecular complexity index is 783. The molecule has 0 aliphatic carbocycles. The van der Waals surface area contributed by atoms with E-state index in [0.29, 0.717) is 27.9 Å². The molecule has 2 heterocycles. The highest BCUT2D eigenvalue weighted by Gasteiger charge is 2.31. The number of nitrogens with one attached hydrogen (secondary N) is 1. The van der Waals surface area contributed by atoms with Crippen LogP contribution in [0.3, 0.4) is 0 Å². The number of hydrogen-bond donors (Lipinski definition) is 2.